The molecule has 3 N–H and O–H groups in total. The first-order valence-electron chi connectivity index (χ1n) is 10.4. The number of nitrogens with two attached hydrogens (primary N) is 1. The summed E-state index contributed by atoms with van der Waals surface area (Å²) in [4.78, 5) is 26.2. The number of nitrogen functional groups attached to an aromatic ring is 1. The molecule has 0 aliphatic rings. The average molecular weight is 428 g/mol. The van der Waals surface area contributed by atoms with Crippen molar-refractivity contribution in [2.24, 2.45) is 0 Å². The van der Waals surface area contributed by atoms with Gasteiger partial charge in [0.2, 0.25) is 0 Å². The van der Waals surface area contributed by atoms with Gasteiger partial charge in [-0.2, -0.15) is 0 Å². The van der Waals surface area contributed by atoms with Crippen molar-refractivity contribution in [2.75, 3.05) is 19.4 Å². The summed E-state index contributed by atoms with van der Waals surface area (Å²) in [6.07, 6.45) is 0.683. The number of rotatable bonds is 7. The molecule has 3 aromatic carbocycles. The first-order chi connectivity index (χ1) is 15.6. The summed E-state index contributed by atoms with van der Waals surface area (Å²) in [5.74, 6) is 0.335. The van der Waals surface area contributed by atoms with Crippen molar-refractivity contribution >= 4 is 22.5 Å². The number of hydrogen-bond donors (Lipinski definition) is 2. The molecule has 4 rings (SSSR count). The minimum atomic E-state index is -0.403. The van der Waals surface area contributed by atoms with Crippen LogP contribution in [0.25, 0.3) is 10.9 Å². The Morgan fingerprint density at radius 2 is 1.72 bits per heavy atom. The van der Waals surface area contributed by atoms with Crippen LogP contribution in [-0.4, -0.2) is 24.1 Å². The van der Waals surface area contributed by atoms with Crippen LogP contribution in [0.3, 0.4) is 0 Å². The van der Waals surface area contributed by atoms with E-state index in [1.54, 1.807) is 29.9 Å². The van der Waals surface area contributed by atoms with Crippen molar-refractivity contribution in [2.45, 2.75) is 13.0 Å². The zero-order chi connectivity index (χ0) is 22.5. The van der Waals surface area contributed by atoms with Crippen LogP contribution >= 0.6 is 0 Å². The third-order valence-electron chi connectivity index (χ3n) is 5.46. The molecule has 6 nitrogen and oxygen atoms in total. The zero-order valence-electron chi connectivity index (χ0n) is 17.9. The fourth-order valence-corrected chi connectivity index (χ4v) is 3.72. The molecule has 0 bridgehead atoms. The smallest absolute Gasteiger partial charge is 0.264 e. The van der Waals surface area contributed by atoms with E-state index in [1.807, 2.05) is 60.7 Å². The van der Waals surface area contributed by atoms with E-state index in [0.29, 0.717) is 36.1 Å². The number of benzene rings is 3. The predicted molar refractivity (Wildman–Crippen MR) is 127 cm³/mol. The van der Waals surface area contributed by atoms with Crippen molar-refractivity contribution < 1.29 is 9.53 Å². The molecule has 6 heteroatoms. The molecular weight excluding hydrogens is 402 g/mol. The molecule has 0 fully saturated rings. The van der Waals surface area contributed by atoms with Gasteiger partial charge in [-0.15, -0.1) is 0 Å². The van der Waals surface area contributed by atoms with Crippen molar-refractivity contribution in [3.63, 3.8) is 0 Å². The molecule has 162 valence electrons. The summed E-state index contributed by atoms with van der Waals surface area (Å²) >= 11 is 0. The molecule has 0 unspecified atom stereocenters. The molecule has 0 aliphatic heterocycles. The van der Waals surface area contributed by atoms with Crippen LogP contribution < -0.4 is 21.3 Å². The molecule has 0 aliphatic carbocycles. The van der Waals surface area contributed by atoms with Crippen LogP contribution in [0, 0.1) is 0 Å². The summed E-state index contributed by atoms with van der Waals surface area (Å²) in [6, 6.07) is 24.4. The van der Waals surface area contributed by atoms with Crippen molar-refractivity contribution in [3.8, 4) is 5.75 Å². The molecular formula is C26H25N3O3. The van der Waals surface area contributed by atoms with Crippen LogP contribution in [0.5, 0.6) is 5.75 Å². The van der Waals surface area contributed by atoms with E-state index < -0.39 is 5.91 Å². The quantitative estimate of drug-likeness (QED) is 0.441. The monoisotopic (exact) mass is 427 g/mol. The van der Waals surface area contributed by atoms with Gasteiger partial charge in [0.05, 0.1) is 19.2 Å². The number of hydrogen-bond acceptors (Lipinski definition) is 4. The lowest BCUT2D eigenvalue weighted by Crippen LogP contribution is -2.34. The van der Waals surface area contributed by atoms with Gasteiger partial charge in [0.1, 0.15) is 11.3 Å². The topological polar surface area (TPSA) is 86.3 Å². The lowest BCUT2D eigenvalue weighted by molar-refractivity contribution is 0.0952. The number of nitrogens with one attached hydrogen (secondary N) is 1. The van der Waals surface area contributed by atoms with E-state index in [0.717, 1.165) is 16.9 Å². The third kappa shape index (κ3) is 4.49. The highest BCUT2D eigenvalue weighted by Gasteiger charge is 2.17. The van der Waals surface area contributed by atoms with E-state index in [1.165, 1.54) is 0 Å². The number of carbonyl (C=O) groups is 1. The number of nitrogens with zero attached hydrogens (tertiary/aromatic N) is 1. The molecule has 0 spiro atoms. The minimum absolute atomic E-state index is 0.0805. The highest BCUT2D eigenvalue weighted by Crippen LogP contribution is 2.22. The highest BCUT2D eigenvalue weighted by molar-refractivity contribution is 6.00. The van der Waals surface area contributed by atoms with Gasteiger partial charge in [0, 0.05) is 17.6 Å². The fourth-order valence-electron chi connectivity index (χ4n) is 3.72. The molecule has 1 heterocycles. The maximum absolute atomic E-state index is 13.3. The standard InChI is InChI=1S/C26H25N3O3/c1-32-20-12-10-19(11-13-20)17-29-24-9-5-8-23(27)21(24)16-22(26(29)31)25(30)28-15-14-18-6-3-2-4-7-18/h2-13,16H,14-15,17,27H2,1H3,(H,28,30). The van der Waals surface area contributed by atoms with Crippen LogP contribution in [0.15, 0.2) is 83.7 Å². The van der Waals surface area contributed by atoms with Gasteiger partial charge in [-0.1, -0.05) is 48.5 Å². The number of aromatic nitrogens is 1. The lowest BCUT2D eigenvalue weighted by Gasteiger charge is -2.15. The molecule has 32 heavy (non-hydrogen) atoms. The molecule has 0 saturated carbocycles. The molecule has 1 aromatic heterocycles. The minimum Gasteiger partial charge on any atom is -0.497 e. The highest BCUT2D eigenvalue weighted by atomic mass is 16.5. The average Bonchev–Trinajstić information content (AvgIpc) is 2.82. The first kappa shape index (κ1) is 21.2. The Balaban J connectivity index is 1.66. The van der Waals surface area contributed by atoms with Crippen LogP contribution in [0.4, 0.5) is 5.69 Å². The summed E-state index contributed by atoms with van der Waals surface area (Å²) in [5, 5.41) is 3.54. The zero-order valence-corrected chi connectivity index (χ0v) is 17.9. The van der Waals surface area contributed by atoms with Crippen LogP contribution in [0.1, 0.15) is 21.5 Å². The fraction of sp³-hybridized carbons (Fsp3) is 0.154. The van der Waals surface area contributed by atoms with Gasteiger partial charge in [-0.25, -0.2) is 0 Å². The van der Waals surface area contributed by atoms with Gasteiger partial charge >= 0.3 is 0 Å². The Hall–Kier alpha value is -4.06. The van der Waals surface area contributed by atoms with E-state index in [4.69, 9.17) is 10.5 Å². The van der Waals surface area contributed by atoms with Crippen molar-refractivity contribution in [1.82, 2.24) is 9.88 Å². The lowest BCUT2D eigenvalue weighted by atomic mass is 10.1. The summed E-state index contributed by atoms with van der Waals surface area (Å²) < 4.78 is 6.81. The maximum Gasteiger partial charge on any atom is 0.264 e. The Bertz CT molecular complexity index is 1300. The molecule has 0 saturated heterocycles. The molecule has 4 aromatic rings. The van der Waals surface area contributed by atoms with E-state index in [2.05, 4.69) is 5.32 Å². The SMILES string of the molecule is COc1ccc(Cn2c(=O)c(C(=O)NCCc3ccccc3)cc3c(N)cccc32)cc1. The largest absolute Gasteiger partial charge is 0.497 e. The van der Waals surface area contributed by atoms with E-state index >= 15 is 0 Å². The van der Waals surface area contributed by atoms with Crippen LogP contribution in [-0.2, 0) is 13.0 Å². The Labute approximate surface area is 186 Å². The number of anilines is 1. The second kappa shape index (κ2) is 9.39. The Kier molecular flexibility index (Phi) is 6.22. The molecule has 0 radical (unpaired) electrons. The van der Waals surface area contributed by atoms with Gasteiger partial charge in [0.15, 0.2) is 0 Å². The number of amides is 1. The number of methoxy groups -OCH3 is 1. The third-order valence-corrected chi connectivity index (χ3v) is 5.46. The van der Waals surface area contributed by atoms with Crippen LogP contribution in [0.2, 0.25) is 0 Å². The predicted octanol–water partition coefficient (Wildman–Crippen LogP) is 3.61. The normalized spacial score (nSPS) is 10.8. The van der Waals surface area contributed by atoms with Gasteiger partial charge in [-0.05, 0) is 47.9 Å². The molecule has 0 atom stereocenters. The second-order valence-corrected chi connectivity index (χ2v) is 7.57. The van der Waals surface area contributed by atoms with Crippen molar-refractivity contribution in [1.29, 1.82) is 0 Å². The van der Waals surface area contributed by atoms with E-state index in [9.17, 15) is 9.59 Å². The summed E-state index contributed by atoms with van der Waals surface area (Å²) in [7, 11) is 1.61. The maximum atomic E-state index is 13.3. The van der Waals surface area contributed by atoms with Gasteiger partial charge < -0.3 is 20.4 Å². The first-order valence-corrected chi connectivity index (χ1v) is 10.4. The van der Waals surface area contributed by atoms with Gasteiger partial charge in [0.25, 0.3) is 11.5 Å². The number of carbonyl (C=O) groups excluding carboxylic acids is 1. The number of fused-ring (bicyclic) bond motifs is 1. The van der Waals surface area contributed by atoms with E-state index in [-0.39, 0.29) is 11.1 Å². The Morgan fingerprint density at radius 1 is 0.969 bits per heavy atom. The van der Waals surface area contributed by atoms with Crippen molar-refractivity contribution in [3.05, 3.63) is 106 Å². The second-order valence-electron chi connectivity index (χ2n) is 7.57. The summed E-state index contributed by atoms with van der Waals surface area (Å²) in [5.41, 5.74) is 9.16. The Morgan fingerprint density at radius 3 is 2.44 bits per heavy atom. The number of ether oxygens (including phenoxy) is 1. The summed E-state index contributed by atoms with van der Waals surface area (Å²) in [6.45, 7) is 0.747. The van der Waals surface area contributed by atoms with Gasteiger partial charge in [-0.3, -0.25) is 9.59 Å². The molecule has 1 amide bonds. The number of pyridine rings is 1.